The Labute approximate surface area is 185 Å². The molecule has 0 spiro atoms. The van der Waals surface area contributed by atoms with Crippen LogP contribution in [0.3, 0.4) is 0 Å². The molecule has 32 heavy (non-hydrogen) atoms. The van der Waals surface area contributed by atoms with Crippen LogP contribution in [-0.4, -0.2) is 17.9 Å². The van der Waals surface area contributed by atoms with E-state index in [2.05, 4.69) is 0 Å². The first kappa shape index (κ1) is 19.8. The number of hydrogen-bond acceptors (Lipinski definition) is 5. The number of hydrogen-bond donors (Lipinski definition) is 0. The normalized spacial score (nSPS) is 17.7. The largest absolute Gasteiger partial charge is 0.485 e. The average Bonchev–Trinajstić information content (AvgIpc) is 3.09. The lowest BCUT2D eigenvalue weighted by Gasteiger charge is -2.22. The topological polar surface area (TPSA) is 61.8 Å². The zero-order valence-corrected chi connectivity index (χ0v) is 17.6. The predicted octanol–water partition coefficient (Wildman–Crippen LogP) is 5.54. The van der Waals surface area contributed by atoms with Gasteiger partial charge < -0.3 is 14.2 Å². The lowest BCUT2D eigenvalue weighted by atomic mass is 10.0. The summed E-state index contributed by atoms with van der Waals surface area (Å²) in [5.41, 5.74) is 3.53. The molecule has 158 valence electrons. The summed E-state index contributed by atoms with van der Waals surface area (Å²) in [4.78, 5) is 25.4. The molecule has 0 aromatic heterocycles. The van der Waals surface area contributed by atoms with Crippen LogP contribution in [0.1, 0.15) is 38.8 Å². The van der Waals surface area contributed by atoms with Crippen molar-refractivity contribution < 1.29 is 23.8 Å². The number of carbonyl (C=O) groups is 2. The van der Waals surface area contributed by atoms with Gasteiger partial charge in [0.05, 0.1) is 11.1 Å². The van der Waals surface area contributed by atoms with E-state index in [1.165, 1.54) is 0 Å². The number of para-hydroxylation sites is 1. The third-order valence-corrected chi connectivity index (χ3v) is 5.53. The number of rotatable bonds is 3. The Morgan fingerprint density at radius 3 is 2.62 bits per heavy atom. The molecule has 1 unspecified atom stereocenters. The van der Waals surface area contributed by atoms with Gasteiger partial charge in [0.1, 0.15) is 23.4 Å². The monoisotopic (exact) mass is 424 g/mol. The fourth-order valence-electron chi connectivity index (χ4n) is 3.77. The molecule has 5 rings (SSSR count). The molecule has 0 aliphatic carbocycles. The summed E-state index contributed by atoms with van der Waals surface area (Å²) in [5, 5.41) is 0. The van der Waals surface area contributed by atoms with Crippen LogP contribution in [0.25, 0.3) is 6.08 Å². The van der Waals surface area contributed by atoms with Gasteiger partial charge in [-0.2, -0.15) is 0 Å². The highest BCUT2D eigenvalue weighted by Crippen LogP contribution is 2.36. The molecule has 0 saturated carbocycles. The molecule has 2 aliphatic rings. The van der Waals surface area contributed by atoms with Crippen molar-refractivity contribution in [1.29, 1.82) is 0 Å². The number of esters is 1. The van der Waals surface area contributed by atoms with E-state index in [0.29, 0.717) is 22.6 Å². The second kappa shape index (κ2) is 7.85. The first-order chi connectivity index (χ1) is 15.5. The summed E-state index contributed by atoms with van der Waals surface area (Å²) in [7, 11) is 0. The highest BCUT2D eigenvalue weighted by molar-refractivity contribution is 6.12. The van der Waals surface area contributed by atoms with E-state index < -0.39 is 5.97 Å². The summed E-state index contributed by atoms with van der Waals surface area (Å²) in [6.45, 7) is 3.77. The van der Waals surface area contributed by atoms with E-state index in [1.54, 1.807) is 36.4 Å². The minimum atomic E-state index is -0.458. The average molecular weight is 424 g/mol. The summed E-state index contributed by atoms with van der Waals surface area (Å²) < 4.78 is 17.3. The van der Waals surface area contributed by atoms with Crippen molar-refractivity contribution in [2.75, 3.05) is 0 Å². The third kappa shape index (κ3) is 3.58. The lowest BCUT2D eigenvalue weighted by Crippen LogP contribution is -2.18. The van der Waals surface area contributed by atoms with Gasteiger partial charge in [0, 0.05) is 11.6 Å². The van der Waals surface area contributed by atoms with Gasteiger partial charge in [0.25, 0.3) is 0 Å². The molecular formula is C27H20O5. The molecule has 0 saturated heterocycles. The number of benzene rings is 3. The van der Waals surface area contributed by atoms with Gasteiger partial charge in [-0.1, -0.05) is 36.4 Å². The number of aryl methyl sites for hydroxylation is 1. The molecule has 0 fully saturated rings. The summed E-state index contributed by atoms with van der Waals surface area (Å²) >= 11 is 0. The Morgan fingerprint density at radius 1 is 1.00 bits per heavy atom. The highest BCUT2D eigenvalue weighted by Gasteiger charge is 2.29. The molecule has 5 heteroatoms. The van der Waals surface area contributed by atoms with Crippen LogP contribution in [0.4, 0.5) is 0 Å². The first-order valence-electron chi connectivity index (χ1n) is 10.3. The van der Waals surface area contributed by atoms with Gasteiger partial charge in [-0.15, -0.1) is 0 Å². The Bertz CT molecular complexity index is 1320. The first-order valence-corrected chi connectivity index (χ1v) is 10.3. The van der Waals surface area contributed by atoms with Crippen molar-refractivity contribution in [3.8, 4) is 17.2 Å². The zero-order chi connectivity index (χ0) is 22.2. The van der Waals surface area contributed by atoms with Crippen LogP contribution in [0.2, 0.25) is 0 Å². The quantitative estimate of drug-likeness (QED) is 0.314. The van der Waals surface area contributed by atoms with Crippen molar-refractivity contribution >= 4 is 17.8 Å². The van der Waals surface area contributed by atoms with E-state index in [-0.39, 0.29) is 17.6 Å². The van der Waals surface area contributed by atoms with E-state index in [1.807, 2.05) is 56.3 Å². The van der Waals surface area contributed by atoms with Crippen LogP contribution < -0.4 is 14.2 Å². The maximum atomic E-state index is 12.9. The minimum absolute atomic E-state index is 0.212. The fraction of sp³-hybridized carbons (Fsp3) is 0.111. The summed E-state index contributed by atoms with van der Waals surface area (Å²) in [5.74, 6) is 1.02. The van der Waals surface area contributed by atoms with Gasteiger partial charge in [0.2, 0.25) is 5.78 Å². The third-order valence-electron chi connectivity index (χ3n) is 5.53. The number of Topliss-reactive ketones (excluding diaryl/α,β-unsaturated/α-hetero) is 1. The van der Waals surface area contributed by atoms with Crippen LogP contribution in [0, 0.1) is 6.92 Å². The van der Waals surface area contributed by atoms with Crippen LogP contribution in [0.5, 0.6) is 17.2 Å². The molecule has 0 radical (unpaired) electrons. The Hall–Kier alpha value is -4.12. The van der Waals surface area contributed by atoms with Gasteiger partial charge >= 0.3 is 5.97 Å². The highest BCUT2D eigenvalue weighted by atomic mass is 16.5. The number of ketones is 1. The van der Waals surface area contributed by atoms with Gasteiger partial charge in [-0.25, -0.2) is 4.79 Å². The molecule has 1 atom stereocenters. The number of allylic oxidation sites excluding steroid dienone is 1. The molecular weight excluding hydrogens is 404 g/mol. The molecule has 3 aromatic carbocycles. The Balaban J connectivity index is 1.39. The molecule has 2 heterocycles. The smallest absolute Gasteiger partial charge is 0.343 e. The van der Waals surface area contributed by atoms with E-state index >= 15 is 0 Å². The molecule has 0 N–H and O–H groups in total. The van der Waals surface area contributed by atoms with Crippen molar-refractivity contribution in [1.82, 2.24) is 0 Å². The molecule has 2 aliphatic heterocycles. The van der Waals surface area contributed by atoms with E-state index in [4.69, 9.17) is 14.2 Å². The standard InChI is InChI=1S/C27H20O5/c1-16-7-3-5-9-21(16)27(29)31-20-11-12-22-24(15-20)32-25(26(22)28)14-19-13-18-8-4-6-10-23(18)30-17(19)2/h3-15,17H,1-2H3. The number of ether oxygens (including phenoxy) is 3. The van der Waals surface area contributed by atoms with Gasteiger partial charge in [-0.3, -0.25) is 4.79 Å². The van der Waals surface area contributed by atoms with E-state index in [9.17, 15) is 9.59 Å². The summed E-state index contributed by atoms with van der Waals surface area (Å²) in [6.07, 6.45) is 3.48. The fourth-order valence-corrected chi connectivity index (χ4v) is 3.77. The van der Waals surface area contributed by atoms with Crippen LogP contribution in [0.15, 0.2) is 84.1 Å². The molecule has 0 amide bonds. The maximum absolute atomic E-state index is 12.9. The van der Waals surface area contributed by atoms with Crippen molar-refractivity contribution in [3.63, 3.8) is 0 Å². The summed E-state index contributed by atoms with van der Waals surface area (Å²) in [6, 6.07) is 19.7. The van der Waals surface area contributed by atoms with Crippen LogP contribution >= 0.6 is 0 Å². The second-order valence-electron chi connectivity index (χ2n) is 7.74. The van der Waals surface area contributed by atoms with Gasteiger partial charge in [0.15, 0.2) is 5.76 Å². The molecule has 0 bridgehead atoms. The van der Waals surface area contributed by atoms with Gasteiger partial charge in [-0.05, 0) is 61.4 Å². The SMILES string of the molecule is Cc1ccccc1C(=O)Oc1ccc2c(c1)OC(=CC1=Cc3ccccc3OC1C)C2=O. The Kier molecular flexibility index (Phi) is 4.86. The lowest BCUT2D eigenvalue weighted by molar-refractivity contribution is 0.0733. The van der Waals surface area contributed by atoms with Crippen molar-refractivity contribution in [2.24, 2.45) is 0 Å². The zero-order valence-electron chi connectivity index (χ0n) is 17.6. The van der Waals surface area contributed by atoms with Crippen molar-refractivity contribution in [3.05, 3.63) is 106 Å². The number of carbonyl (C=O) groups excluding carboxylic acids is 2. The molecule has 5 nitrogen and oxygen atoms in total. The van der Waals surface area contributed by atoms with E-state index in [0.717, 1.165) is 22.4 Å². The van der Waals surface area contributed by atoms with Crippen molar-refractivity contribution in [2.45, 2.75) is 20.0 Å². The molecule has 3 aromatic rings. The number of fused-ring (bicyclic) bond motifs is 2. The minimum Gasteiger partial charge on any atom is -0.485 e. The maximum Gasteiger partial charge on any atom is 0.343 e. The van der Waals surface area contributed by atoms with Crippen LogP contribution in [-0.2, 0) is 0 Å². The predicted molar refractivity (Wildman–Crippen MR) is 120 cm³/mol. The Morgan fingerprint density at radius 2 is 1.78 bits per heavy atom. The second-order valence-corrected chi connectivity index (χ2v) is 7.74.